The van der Waals surface area contributed by atoms with E-state index in [4.69, 9.17) is 16.7 Å². The van der Waals surface area contributed by atoms with Gasteiger partial charge in [-0.3, -0.25) is 4.79 Å². The maximum Gasteiger partial charge on any atom is 0.339 e. The van der Waals surface area contributed by atoms with Crippen LogP contribution in [0.3, 0.4) is 0 Å². The zero-order valence-corrected chi connectivity index (χ0v) is 13.3. The highest BCUT2D eigenvalue weighted by Gasteiger charge is 2.13. The molecule has 0 spiro atoms. The van der Waals surface area contributed by atoms with Crippen LogP contribution in [0.5, 0.6) is 5.75 Å². The fourth-order valence-corrected chi connectivity index (χ4v) is 2.41. The Kier molecular flexibility index (Phi) is 4.69. The fraction of sp³-hybridized carbons (Fsp3) is 0. The molecule has 0 radical (unpaired) electrons. The molecule has 0 saturated heterocycles. The number of anilines is 1. The lowest BCUT2D eigenvalue weighted by Gasteiger charge is -2.08. The van der Waals surface area contributed by atoms with Crippen LogP contribution in [0.2, 0.25) is 5.02 Å². The Balaban J connectivity index is 2.26. The molecule has 0 atom stereocenters. The first-order chi connectivity index (χ1) is 9.88. The normalized spacial score (nSPS) is 10.2. The second kappa shape index (κ2) is 6.31. The third-order valence-corrected chi connectivity index (χ3v) is 3.83. The van der Waals surface area contributed by atoms with E-state index in [-0.39, 0.29) is 5.56 Å². The Hall–Kier alpha value is -1.80. The molecule has 0 aromatic heterocycles. The van der Waals surface area contributed by atoms with E-state index in [1.165, 1.54) is 24.3 Å². The third-order valence-electron chi connectivity index (χ3n) is 2.66. The van der Waals surface area contributed by atoms with Gasteiger partial charge in [-0.1, -0.05) is 11.6 Å². The summed E-state index contributed by atoms with van der Waals surface area (Å²) >= 11 is 7.87. The van der Waals surface area contributed by atoms with Crippen molar-refractivity contribution in [3.8, 4) is 5.75 Å². The van der Waals surface area contributed by atoms with Crippen molar-refractivity contribution in [2.75, 3.05) is 5.32 Å². The van der Waals surface area contributed by atoms with Crippen LogP contribution in [0, 0.1) is 3.57 Å². The summed E-state index contributed by atoms with van der Waals surface area (Å²) in [7, 11) is 0. The number of hydrogen-bond donors (Lipinski definition) is 3. The number of carbonyl (C=O) groups excluding carboxylic acids is 1. The van der Waals surface area contributed by atoms with Gasteiger partial charge in [-0.25, -0.2) is 4.79 Å². The number of amides is 1. The van der Waals surface area contributed by atoms with Crippen molar-refractivity contribution in [1.29, 1.82) is 0 Å². The molecule has 0 heterocycles. The van der Waals surface area contributed by atoms with Crippen LogP contribution < -0.4 is 5.32 Å². The second-order valence-corrected chi connectivity index (χ2v) is 5.71. The summed E-state index contributed by atoms with van der Waals surface area (Å²) in [5.74, 6) is -2.06. The number of phenols is 1. The average Bonchev–Trinajstić information content (AvgIpc) is 2.41. The maximum absolute atomic E-state index is 12.1. The van der Waals surface area contributed by atoms with Crippen molar-refractivity contribution in [3.05, 3.63) is 56.1 Å². The van der Waals surface area contributed by atoms with Gasteiger partial charge in [-0.2, -0.15) is 0 Å². The molecule has 0 bridgehead atoms. The predicted octanol–water partition coefficient (Wildman–Crippen LogP) is 3.60. The monoisotopic (exact) mass is 417 g/mol. The van der Waals surface area contributed by atoms with Gasteiger partial charge in [0.1, 0.15) is 11.3 Å². The lowest BCUT2D eigenvalue weighted by molar-refractivity contribution is 0.0693. The van der Waals surface area contributed by atoms with Crippen molar-refractivity contribution >= 4 is 51.8 Å². The van der Waals surface area contributed by atoms with Gasteiger partial charge in [0.2, 0.25) is 0 Å². The standard InChI is InChI=1S/C14H9ClINO4/c15-7-1-4-11(16)10(5-7)13(19)17-8-2-3-9(14(20)21)12(18)6-8/h1-6,18H,(H,17,19)(H,20,21). The SMILES string of the molecule is O=C(O)c1ccc(NC(=O)c2cc(Cl)ccc2I)cc1O. The summed E-state index contributed by atoms with van der Waals surface area (Å²) in [5.41, 5.74) is 0.452. The van der Waals surface area contributed by atoms with Crippen molar-refractivity contribution in [2.45, 2.75) is 0 Å². The van der Waals surface area contributed by atoms with Crippen LogP contribution >= 0.6 is 34.2 Å². The molecule has 0 unspecified atom stereocenters. The van der Waals surface area contributed by atoms with Crippen LogP contribution in [0.25, 0.3) is 0 Å². The average molecular weight is 418 g/mol. The van der Waals surface area contributed by atoms with Gasteiger partial charge in [0, 0.05) is 20.3 Å². The molecule has 3 N–H and O–H groups in total. The van der Waals surface area contributed by atoms with E-state index >= 15 is 0 Å². The topological polar surface area (TPSA) is 86.6 Å². The molecular weight excluding hydrogens is 409 g/mol. The maximum atomic E-state index is 12.1. The van der Waals surface area contributed by atoms with Gasteiger partial charge < -0.3 is 15.5 Å². The van der Waals surface area contributed by atoms with Crippen LogP contribution in [0.4, 0.5) is 5.69 Å². The molecule has 0 aliphatic rings. The van der Waals surface area contributed by atoms with E-state index in [0.717, 1.165) is 3.57 Å². The molecule has 0 aliphatic carbocycles. The molecule has 2 aromatic carbocycles. The largest absolute Gasteiger partial charge is 0.507 e. The summed E-state index contributed by atoms with van der Waals surface area (Å²) in [6.45, 7) is 0. The highest BCUT2D eigenvalue weighted by atomic mass is 127. The number of rotatable bonds is 3. The highest BCUT2D eigenvalue weighted by molar-refractivity contribution is 14.1. The highest BCUT2D eigenvalue weighted by Crippen LogP contribution is 2.24. The van der Waals surface area contributed by atoms with Gasteiger partial charge in [0.15, 0.2) is 0 Å². The Labute approximate surface area is 138 Å². The van der Waals surface area contributed by atoms with E-state index < -0.39 is 17.6 Å². The van der Waals surface area contributed by atoms with E-state index in [1.807, 2.05) is 22.6 Å². The van der Waals surface area contributed by atoms with Gasteiger partial charge in [-0.15, -0.1) is 0 Å². The number of halogens is 2. The Morgan fingerprint density at radius 3 is 2.43 bits per heavy atom. The Bertz CT molecular complexity index is 733. The lowest BCUT2D eigenvalue weighted by Crippen LogP contribution is -2.13. The van der Waals surface area contributed by atoms with Gasteiger partial charge >= 0.3 is 5.97 Å². The molecule has 108 valence electrons. The van der Waals surface area contributed by atoms with Crippen molar-refractivity contribution in [2.24, 2.45) is 0 Å². The predicted molar refractivity (Wildman–Crippen MR) is 87.2 cm³/mol. The quantitative estimate of drug-likeness (QED) is 0.666. The minimum absolute atomic E-state index is 0.231. The number of hydrogen-bond acceptors (Lipinski definition) is 3. The van der Waals surface area contributed by atoms with Crippen LogP contribution in [-0.4, -0.2) is 22.1 Å². The zero-order chi connectivity index (χ0) is 15.6. The van der Waals surface area contributed by atoms with E-state index in [9.17, 15) is 14.7 Å². The molecule has 7 heteroatoms. The second-order valence-electron chi connectivity index (χ2n) is 4.12. The van der Waals surface area contributed by atoms with Crippen LogP contribution in [0.15, 0.2) is 36.4 Å². The van der Waals surface area contributed by atoms with E-state index in [0.29, 0.717) is 16.3 Å². The van der Waals surface area contributed by atoms with Gasteiger partial charge in [0.25, 0.3) is 5.91 Å². The molecule has 1 amide bonds. The van der Waals surface area contributed by atoms with E-state index in [2.05, 4.69) is 5.32 Å². The summed E-state index contributed by atoms with van der Waals surface area (Å²) in [6, 6.07) is 8.72. The molecule has 2 aromatic rings. The fourth-order valence-electron chi connectivity index (χ4n) is 1.66. The molecular formula is C14H9ClINO4. The Morgan fingerprint density at radius 2 is 1.81 bits per heavy atom. The number of nitrogens with one attached hydrogen (secondary N) is 1. The van der Waals surface area contributed by atoms with Gasteiger partial charge in [0.05, 0.1) is 5.56 Å². The molecule has 0 saturated carbocycles. The summed E-state index contributed by atoms with van der Waals surface area (Å²) < 4.78 is 0.723. The zero-order valence-electron chi connectivity index (χ0n) is 10.4. The van der Waals surface area contributed by atoms with Crippen LogP contribution in [-0.2, 0) is 0 Å². The molecule has 2 rings (SSSR count). The van der Waals surface area contributed by atoms with E-state index in [1.54, 1.807) is 12.1 Å². The first-order valence-electron chi connectivity index (χ1n) is 5.71. The Morgan fingerprint density at radius 1 is 1.10 bits per heavy atom. The first kappa shape index (κ1) is 15.6. The smallest absolute Gasteiger partial charge is 0.339 e. The third kappa shape index (κ3) is 3.64. The van der Waals surface area contributed by atoms with Crippen LogP contribution in [0.1, 0.15) is 20.7 Å². The summed E-state index contributed by atoms with van der Waals surface area (Å²) in [4.78, 5) is 22.9. The summed E-state index contributed by atoms with van der Waals surface area (Å²) in [5, 5.41) is 21.4. The molecule has 5 nitrogen and oxygen atoms in total. The number of aromatic hydroxyl groups is 1. The molecule has 21 heavy (non-hydrogen) atoms. The van der Waals surface area contributed by atoms with Gasteiger partial charge in [-0.05, 0) is 52.9 Å². The number of carboxylic acid groups (broad SMARTS) is 1. The summed E-state index contributed by atoms with van der Waals surface area (Å²) in [6.07, 6.45) is 0. The molecule has 0 fully saturated rings. The molecule has 0 aliphatic heterocycles. The minimum Gasteiger partial charge on any atom is -0.507 e. The number of carbonyl (C=O) groups is 2. The minimum atomic E-state index is -1.24. The number of benzene rings is 2. The van der Waals surface area contributed by atoms with Crippen molar-refractivity contribution < 1.29 is 19.8 Å². The first-order valence-corrected chi connectivity index (χ1v) is 7.17. The lowest BCUT2D eigenvalue weighted by atomic mass is 10.1. The van der Waals surface area contributed by atoms with Crippen molar-refractivity contribution in [3.63, 3.8) is 0 Å². The number of carboxylic acids is 1. The van der Waals surface area contributed by atoms with Crippen molar-refractivity contribution in [1.82, 2.24) is 0 Å². The number of aromatic carboxylic acids is 1.